The van der Waals surface area contributed by atoms with Gasteiger partial charge in [0.15, 0.2) is 5.72 Å². The molecule has 2 saturated carbocycles. The van der Waals surface area contributed by atoms with Crippen LogP contribution in [-0.4, -0.2) is 28.9 Å². The van der Waals surface area contributed by atoms with Crippen molar-refractivity contribution in [3.05, 3.63) is 29.3 Å². The molecule has 122 valence electrons. The summed E-state index contributed by atoms with van der Waals surface area (Å²) in [5.74, 6) is 0.786. The van der Waals surface area contributed by atoms with E-state index in [1.807, 2.05) is 4.90 Å². The molecule has 1 aromatic rings. The van der Waals surface area contributed by atoms with Crippen LogP contribution >= 0.6 is 0 Å². The second-order valence-corrected chi connectivity index (χ2v) is 7.85. The van der Waals surface area contributed by atoms with Crippen molar-refractivity contribution in [2.75, 3.05) is 4.90 Å². The SMILES string of the molecule is CC[C@]12O[C@@H]3[C@H](O)[C@H]4C[C@H]3[C@H]1[C@H]4C(=O)N2c1ccc(C)cc1C. The van der Waals surface area contributed by atoms with Crippen LogP contribution in [-0.2, 0) is 9.53 Å². The average molecular weight is 313 g/mol. The zero-order valence-corrected chi connectivity index (χ0v) is 13.8. The van der Waals surface area contributed by atoms with Crippen molar-refractivity contribution in [3.63, 3.8) is 0 Å². The van der Waals surface area contributed by atoms with E-state index < -0.39 is 11.8 Å². The summed E-state index contributed by atoms with van der Waals surface area (Å²) in [6, 6.07) is 6.25. The zero-order valence-electron chi connectivity index (χ0n) is 13.8. The molecule has 2 bridgehead atoms. The van der Waals surface area contributed by atoms with Crippen LogP contribution in [0.1, 0.15) is 30.9 Å². The topological polar surface area (TPSA) is 49.8 Å². The standard InChI is InChI=1S/C19H23NO3/c1-4-19-15-12-8-11(16(21)17(12)23-19)14(15)18(22)20(19)13-6-5-9(2)7-10(13)3/h5-7,11-12,14-17,21H,4,8H2,1-3H3/t11-,12-,14-,15-,16+,17-,19-/m0/s1. The molecule has 1 amide bonds. The number of nitrogens with zero attached hydrogens (tertiary/aromatic N) is 1. The van der Waals surface area contributed by atoms with Crippen molar-refractivity contribution in [2.45, 2.75) is 51.5 Å². The number of benzene rings is 1. The molecule has 5 rings (SSSR count). The molecule has 0 spiro atoms. The summed E-state index contributed by atoms with van der Waals surface area (Å²) in [7, 11) is 0. The Balaban J connectivity index is 1.69. The van der Waals surface area contributed by atoms with Crippen LogP contribution in [0.25, 0.3) is 0 Å². The van der Waals surface area contributed by atoms with Crippen LogP contribution in [0.2, 0.25) is 0 Å². The average Bonchev–Trinajstić information content (AvgIpc) is 3.17. The highest BCUT2D eigenvalue weighted by molar-refractivity contribution is 6.01. The molecule has 7 atom stereocenters. The Bertz CT molecular complexity index is 717. The van der Waals surface area contributed by atoms with Crippen LogP contribution in [0.5, 0.6) is 0 Å². The Morgan fingerprint density at radius 1 is 1.35 bits per heavy atom. The van der Waals surface area contributed by atoms with E-state index in [2.05, 4.69) is 39.0 Å². The lowest BCUT2D eigenvalue weighted by Gasteiger charge is -2.39. The van der Waals surface area contributed by atoms with Gasteiger partial charge in [-0.1, -0.05) is 24.6 Å². The van der Waals surface area contributed by atoms with Crippen LogP contribution in [0.3, 0.4) is 0 Å². The van der Waals surface area contributed by atoms with Gasteiger partial charge in [-0.05, 0) is 50.2 Å². The van der Waals surface area contributed by atoms with Gasteiger partial charge in [0.1, 0.15) is 0 Å². The normalized spacial score (nSPS) is 46.3. The minimum Gasteiger partial charge on any atom is -0.390 e. The Morgan fingerprint density at radius 2 is 2.13 bits per heavy atom. The van der Waals surface area contributed by atoms with Crippen molar-refractivity contribution < 1.29 is 14.6 Å². The molecule has 2 heterocycles. The Hall–Kier alpha value is -1.39. The molecule has 1 N–H and O–H groups in total. The number of fused-ring (bicyclic) bond motifs is 2. The first-order valence-electron chi connectivity index (χ1n) is 8.77. The number of amides is 1. The van der Waals surface area contributed by atoms with E-state index in [0.717, 1.165) is 24.1 Å². The molecular formula is C19H23NO3. The molecular weight excluding hydrogens is 290 g/mol. The smallest absolute Gasteiger partial charge is 0.233 e. The lowest BCUT2D eigenvalue weighted by atomic mass is 9.76. The highest BCUT2D eigenvalue weighted by Gasteiger charge is 2.78. The van der Waals surface area contributed by atoms with Crippen molar-refractivity contribution >= 4 is 11.6 Å². The fraction of sp³-hybridized carbons (Fsp3) is 0.632. The predicted octanol–water partition coefficient (Wildman–Crippen LogP) is 2.40. The number of hydrogen-bond acceptors (Lipinski definition) is 3. The van der Waals surface area contributed by atoms with Gasteiger partial charge in [0.2, 0.25) is 5.91 Å². The van der Waals surface area contributed by atoms with E-state index in [1.165, 1.54) is 5.56 Å². The summed E-state index contributed by atoms with van der Waals surface area (Å²) in [6.45, 7) is 6.24. The number of carbonyl (C=O) groups is 1. The van der Waals surface area contributed by atoms with Crippen LogP contribution in [0.4, 0.5) is 5.69 Å². The molecule has 1 aromatic carbocycles. The molecule has 2 saturated heterocycles. The molecule has 4 aliphatic rings. The largest absolute Gasteiger partial charge is 0.390 e. The third-order valence-electron chi connectivity index (χ3n) is 6.90. The van der Waals surface area contributed by atoms with E-state index in [-0.39, 0.29) is 29.8 Å². The number of aliphatic hydroxyl groups is 1. The zero-order chi connectivity index (χ0) is 16.1. The van der Waals surface area contributed by atoms with Gasteiger partial charge in [-0.2, -0.15) is 0 Å². The van der Waals surface area contributed by atoms with Crippen molar-refractivity contribution in [1.82, 2.24) is 0 Å². The van der Waals surface area contributed by atoms with Gasteiger partial charge >= 0.3 is 0 Å². The third kappa shape index (κ3) is 1.39. The number of ether oxygens (including phenoxy) is 1. The lowest BCUT2D eigenvalue weighted by Crippen LogP contribution is -2.51. The quantitative estimate of drug-likeness (QED) is 0.912. The first-order chi connectivity index (χ1) is 11.0. The van der Waals surface area contributed by atoms with Gasteiger partial charge in [-0.25, -0.2) is 0 Å². The molecule has 4 nitrogen and oxygen atoms in total. The van der Waals surface area contributed by atoms with Gasteiger partial charge < -0.3 is 9.84 Å². The summed E-state index contributed by atoms with van der Waals surface area (Å²) >= 11 is 0. The Kier molecular flexibility index (Phi) is 2.54. The summed E-state index contributed by atoms with van der Waals surface area (Å²) < 4.78 is 6.46. The Morgan fingerprint density at radius 3 is 2.83 bits per heavy atom. The fourth-order valence-corrected chi connectivity index (χ4v) is 6.14. The number of carbonyl (C=O) groups excluding carboxylic acids is 1. The maximum atomic E-state index is 13.3. The Labute approximate surface area is 136 Å². The van der Waals surface area contributed by atoms with E-state index >= 15 is 0 Å². The first kappa shape index (κ1) is 14.0. The van der Waals surface area contributed by atoms with Crippen LogP contribution < -0.4 is 4.90 Å². The molecule has 4 heteroatoms. The maximum Gasteiger partial charge on any atom is 0.233 e. The van der Waals surface area contributed by atoms with E-state index in [0.29, 0.717) is 5.92 Å². The van der Waals surface area contributed by atoms with E-state index in [9.17, 15) is 9.90 Å². The molecule has 23 heavy (non-hydrogen) atoms. The highest BCUT2D eigenvalue weighted by atomic mass is 16.6. The first-order valence-corrected chi connectivity index (χ1v) is 8.77. The molecule has 4 fully saturated rings. The summed E-state index contributed by atoms with van der Waals surface area (Å²) in [5.41, 5.74) is 2.74. The minimum absolute atomic E-state index is 0.0607. The minimum atomic E-state index is -0.552. The maximum absolute atomic E-state index is 13.3. The van der Waals surface area contributed by atoms with E-state index in [4.69, 9.17) is 4.74 Å². The number of hydrogen-bond donors (Lipinski definition) is 1. The van der Waals surface area contributed by atoms with Crippen molar-refractivity contribution in [2.24, 2.45) is 23.7 Å². The number of aliphatic hydroxyl groups excluding tert-OH is 1. The van der Waals surface area contributed by atoms with Gasteiger partial charge in [0.25, 0.3) is 0 Å². The summed E-state index contributed by atoms with van der Waals surface area (Å²) in [6.07, 6.45) is 1.19. The van der Waals surface area contributed by atoms with Gasteiger partial charge in [0.05, 0.1) is 18.1 Å². The second kappa shape index (κ2) is 4.17. The van der Waals surface area contributed by atoms with Crippen LogP contribution in [0, 0.1) is 37.5 Å². The molecule has 2 aliphatic heterocycles. The monoisotopic (exact) mass is 313 g/mol. The summed E-state index contributed by atoms with van der Waals surface area (Å²) in [4.78, 5) is 15.2. The number of aryl methyl sites for hydroxylation is 2. The van der Waals surface area contributed by atoms with Crippen molar-refractivity contribution in [1.29, 1.82) is 0 Å². The third-order valence-corrected chi connectivity index (χ3v) is 6.90. The predicted molar refractivity (Wildman–Crippen MR) is 85.9 cm³/mol. The molecule has 0 unspecified atom stereocenters. The van der Waals surface area contributed by atoms with Gasteiger partial charge in [-0.15, -0.1) is 0 Å². The van der Waals surface area contributed by atoms with Gasteiger partial charge in [0, 0.05) is 11.6 Å². The number of rotatable bonds is 2. The van der Waals surface area contributed by atoms with E-state index in [1.54, 1.807) is 0 Å². The molecule has 2 aliphatic carbocycles. The molecule has 0 aromatic heterocycles. The van der Waals surface area contributed by atoms with Crippen LogP contribution in [0.15, 0.2) is 18.2 Å². The fourth-order valence-electron chi connectivity index (χ4n) is 6.14. The summed E-state index contributed by atoms with van der Waals surface area (Å²) in [5, 5.41) is 10.5. The van der Waals surface area contributed by atoms with Crippen molar-refractivity contribution in [3.8, 4) is 0 Å². The lowest BCUT2D eigenvalue weighted by molar-refractivity contribution is -0.133. The number of anilines is 1. The molecule has 0 radical (unpaired) electrons. The second-order valence-electron chi connectivity index (χ2n) is 7.85. The highest BCUT2D eigenvalue weighted by Crippen LogP contribution is 2.68. The van der Waals surface area contributed by atoms with Gasteiger partial charge in [-0.3, -0.25) is 9.69 Å².